The minimum Gasteiger partial charge on any atom is -0.326 e. The van der Waals surface area contributed by atoms with Crippen molar-refractivity contribution in [2.45, 2.75) is 40.3 Å². The minimum atomic E-state index is -4.66. The lowest BCUT2D eigenvalue weighted by molar-refractivity contribution is -0.144. The van der Waals surface area contributed by atoms with E-state index < -0.39 is 12.0 Å². The van der Waals surface area contributed by atoms with Crippen molar-refractivity contribution in [3.8, 4) is 0 Å². The Hall–Kier alpha value is -2.97. The number of halogens is 3. The number of carbonyl (C=O) groups is 1. The molecule has 3 rings (SSSR count). The van der Waals surface area contributed by atoms with Crippen LogP contribution in [0.4, 0.5) is 18.9 Å². The number of hydrogen-bond donors (Lipinski definition) is 1. The number of aryl methyl sites for hydroxylation is 3. The molecule has 3 aromatic rings. The van der Waals surface area contributed by atoms with Crippen LogP contribution < -0.4 is 5.32 Å². The smallest absolute Gasteiger partial charge is 0.326 e. The molecule has 1 amide bonds. The summed E-state index contributed by atoms with van der Waals surface area (Å²) >= 11 is 0. The van der Waals surface area contributed by atoms with E-state index in [1.165, 1.54) is 0 Å². The van der Waals surface area contributed by atoms with Crippen molar-refractivity contribution in [1.82, 2.24) is 19.6 Å². The zero-order chi connectivity index (χ0) is 19.9. The van der Waals surface area contributed by atoms with Gasteiger partial charge in [0.2, 0.25) is 5.91 Å². The van der Waals surface area contributed by atoms with Crippen molar-refractivity contribution in [3.63, 3.8) is 0 Å². The van der Waals surface area contributed by atoms with Crippen LogP contribution in [0, 0.1) is 27.7 Å². The molecule has 0 spiro atoms. The highest BCUT2D eigenvalue weighted by molar-refractivity contribution is 5.93. The van der Waals surface area contributed by atoms with E-state index in [1.54, 1.807) is 19.9 Å². The molecule has 27 heavy (non-hydrogen) atoms. The number of hydrogen-bond acceptors (Lipinski definition) is 4. The van der Waals surface area contributed by atoms with E-state index in [1.807, 2.05) is 26.0 Å². The second-order valence-corrected chi connectivity index (χ2v) is 6.38. The minimum absolute atomic E-state index is 0.0325. The fourth-order valence-electron chi connectivity index (χ4n) is 2.83. The van der Waals surface area contributed by atoms with Gasteiger partial charge in [-0.05, 0) is 44.9 Å². The largest absolute Gasteiger partial charge is 0.453 e. The molecule has 142 valence electrons. The fourth-order valence-corrected chi connectivity index (χ4v) is 2.83. The lowest BCUT2D eigenvalue weighted by atomic mass is 10.1. The van der Waals surface area contributed by atoms with Crippen molar-refractivity contribution in [1.29, 1.82) is 0 Å². The van der Waals surface area contributed by atoms with Crippen LogP contribution in [0.15, 0.2) is 18.2 Å². The van der Waals surface area contributed by atoms with Crippen LogP contribution in [0.25, 0.3) is 5.78 Å². The molecule has 1 aromatic carbocycles. The molecule has 1 N–H and O–H groups in total. The maximum Gasteiger partial charge on any atom is 0.453 e. The van der Waals surface area contributed by atoms with Crippen molar-refractivity contribution in [3.05, 3.63) is 52.1 Å². The Morgan fingerprint density at radius 1 is 1.15 bits per heavy atom. The number of fused-ring (bicyclic) bond motifs is 1. The molecule has 0 aliphatic carbocycles. The van der Waals surface area contributed by atoms with Gasteiger partial charge in [-0.25, -0.2) is 9.50 Å². The molecule has 9 heteroatoms. The Kier molecular flexibility index (Phi) is 4.63. The summed E-state index contributed by atoms with van der Waals surface area (Å²) in [6, 6.07) is 5.59. The number of alkyl halides is 3. The first kappa shape index (κ1) is 18.8. The molecule has 0 radical (unpaired) electrons. The number of anilines is 1. The Labute approximate surface area is 153 Å². The summed E-state index contributed by atoms with van der Waals surface area (Å²) in [6.45, 7) is 7.08. The number of nitrogens with zero attached hydrogens (tertiary/aromatic N) is 4. The average molecular weight is 377 g/mol. The normalized spacial score (nSPS) is 11.8. The van der Waals surface area contributed by atoms with Gasteiger partial charge in [0.15, 0.2) is 0 Å². The predicted molar refractivity (Wildman–Crippen MR) is 93.5 cm³/mol. The highest BCUT2D eigenvalue weighted by Crippen LogP contribution is 2.27. The van der Waals surface area contributed by atoms with Gasteiger partial charge in [-0.15, -0.1) is 5.10 Å². The third-order valence-corrected chi connectivity index (χ3v) is 4.52. The Morgan fingerprint density at radius 2 is 1.85 bits per heavy atom. The van der Waals surface area contributed by atoms with Gasteiger partial charge in [-0.3, -0.25) is 4.79 Å². The van der Waals surface area contributed by atoms with Crippen LogP contribution in [0.1, 0.15) is 33.9 Å². The number of carbonyl (C=O) groups excluding carboxylic acids is 1. The molecule has 0 aliphatic rings. The summed E-state index contributed by atoms with van der Waals surface area (Å²) < 4.78 is 39.6. The average Bonchev–Trinajstić information content (AvgIpc) is 3.00. The van der Waals surface area contributed by atoms with Crippen LogP contribution in [-0.4, -0.2) is 25.5 Å². The molecule has 0 bridgehead atoms. The van der Waals surface area contributed by atoms with E-state index in [2.05, 4.69) is 20.4 Å². The summed E-state index contributed by atoms with van der Waals surface area (Å²) in [6.07, 6.45) is -4.69. The molecule has 0 saturated carbocycles. The van der Waals surface area contributed by atoms with Gasteiger partial charge in [0.1, 0.15) is 0 Å². The lowest BCUT2D eigenvalue weighted by Crippen LogP contribution is -2.18. The van der Waals surface area contributed by atoms with E-state index in [-0.39, 0.29) is 18.1 Å². The maximum atomic E-state index is 12.9. The van der Waals surface area contributed by atoms with Crippen LogP contribution in [0.5, 0.6) is 0 Å². The number of rotatable bonds is 3. The highest BCUT2D eigenvalue weighted by atomic mass is 19.4. The molecule has 0 atom stereocenters. The molecule has 0 aliphatic heterocycles. The summed E-state index contributed by atoms with van der Waals surface area (Å²) in [4.78, 5) is 20.0. The zero-order valence-corrected chi connectivity index (χ0v) is 15.3. The number of nitrogens with one attached hydrogen (secondary N) is 1. The van der Waals surface area contributed by atoms with E-state index >= 15 is 0 Å². The summed E-state index contributed by atoms with van der Waals surface area (Å²) in [5, 5.41) is 6.33. The fraction of sp³-hybridized carbons (Fsp3) is 0.333. The second kappa shape index (κ2) is 6.64. The van der Waals surface area contributed by atoms with Gasteiger partial charge < -0.3 is 5.32 Å². The van der Waals surface area contributed by atoms with E-state index in [0.717, 1.165) is 15.6 Å². The quantitative estimate of drug-likeness (QED) is 0.758. The standard InChI is InChI=1S/C18H18F3N5O/c1-9-6-5-7-14(10(9)2)23-15(27)8-13-11(3)22-17-24-16(18(19,20)21)25-26(17)12(13)4/h5-7H,8H2,1-4H3,(H,23,27). The number of benzene rings is 1. The Bertz CT molecular complexity index is 1040. The van der Waals surface area contributed by atoms with E-state index in [0.29, 0.717) is 22.6 Å². The molecular weight excluding hydrogens is 359 g/mol. The monoisotopic (exact) mass is 377 g/mol. The van der Waals surface area contributed by atoms with Gasteiger partial charge in [0.25, 0.3) is 11.6 Å². The summed E-state index contributed by atoms with van der Waals surface area (Å²) in [5.41, 5.74) is 4.06. The highest BCUT2D eigenvalue weighted by Gasteiger charge is 2.37. The molecule has 0 fully saturated rings. The second-order valence-electron chi connectivity index (χ2n) is 6.38. The first-order valence-corrected chi connectivity index (χ1v) is 8.24. The van der Waals surface area contributed by atoms with Crippen LogP contribution >= 0.6 is 0 Å². The van der Waals surface area contributed by atoms with Crippen LogP contribution in [0.3, 0.4) is 0 Å². The molecule has 6 nitrogen and oxygen atoms in total. The Morgan fingerprint density at radius 3 is 2.52 bits per heavy atom. The number of amides is 1. The molecule has 2 heterocycles. The molecule has 0 unspecified atom stereocenters. The zero-order valence-electron chi connectivity index (χ0n) is 15.3. The van der Waals surface area contributed by atoms with Gasteiger partial charge in [0.05, 0.1) is 6.42 Å². The molecule has 2 aromatic heterocycles. The summed E-state index contributed by atoms with van der Waals surface area (Å²) in [7, 11) is 0. The van der Waals surface area contributed by atoms with Gasteiger partial charge >= 0.3 is 6.18 Å². The van der Waals surface area contributed by atoms with Gasteiger partial charge in [-0.2, -0.15) is 18.2 Å². The summed E-state index contributed by atoms with van der Waals surface area (Å²) in [5.74, 6) is -1.68. The first-order valence-electron chi connectivity index (χ1n) is 8.24. The first-order chi connectivity index (χ1) is 12.6. The third kappa shape index (κ3) is 3.62. The molecule has 0 saturated heterocycles. The van der Waals surface area contributed by atoms with Crippen molar-refractivity contribution in [2.75, 3.05) is 5.32 Å². The van der Waals surface area contributed by atoms with E-state index in [4.69, 9.17) is 0 Å². The SMILES string of the molecule is Cc1cccc(NC(=O)Cc2c(C)nc3nc(C(F)(F)F)nn3c2C)c1C. The third-order valence-electron chi connectivity index (χ3n) is 4.52. The van der Waals surface area contributed by atoms with Gasteiger partial charge in [0, 0.05) is 22.6 Å². The predicted octanol–water partition coefficient (Wildman–Crippen LogP) is 3.56. The van der Waals surface area contributed by atoms with Crippen LogP contribution in [0.2, 0.25) is 0 Å². The van der Waals surface area contributed by atoms with Crippen LogP contribution in [-0.2, 0) is 17.4 Å². The van der Waals surface area contributed by atoms with Crippen molar-refractivity contribution >= 4 is 17.4 Å². The molecular formula is C18H18F3N5O. The topological polar surface area (TPSA) is 72.2 Å². The maximum absolute atomic E-state index is 12.9. The number of aromatic nitrogens is 4. The Balaban J connectivity index is 1.92. The lowest BCUT2D eigenvalue weighted by Gasteiger charge is -2.13. The van der Waals surface area contributed by atoms with Gasteiger partial charge in [-0.1, -0.05) is 12.1 Å². The van der Waals surface area contributed by atoms with E-state index in [9.17, 15) is 18.0 Å². The van der Waals surface area contributed by atoms with Crippen molar-refractivity contribution < 1.29 is 18.0 Å². The van der Waals surface area contributed by atoms with Crippen molar-refractivity contribution in [2.24, 2.45) is 0 Å².